The van der Waals surface area contributed by atoms with Crippen molar-refractivity contribution in [1.29, 1.82) is 0 Å². The van der Waals surface area contributed by atoms with Crippen LogP contribution in [0.5, 0.6) is 0 Å². The van der Waals surface area contributed by atoms with E-state index in [-0.39, 0.29) is 29.2 Å². The average molecular weight is 343 g/mol. The zero-order valence-corrected chi connectivity index (χ0v) is 12.6. The normalized spacial score (nSPS) is 11.5. The Kier molecular flexibility index (Phi) is 5.03. The molecule has 0 bridgehead atoms. The summed E-state index contributed by atoms with van der Waals surface area (Å²) in [5, 5.41) is 11.1. The van der Waals surface area contributed by atoms with Crippen LogP contribution in [-0.4, -0.2) is 16.8 Å². The van der Waals surface area contributed by atoms with E-state index in [9.17, 15) is 10.1 Å². The van der Waals surface area contributed by atoms with E-state index in [4.69, 9.17) is 17.2 Å². The van der Waals surface area contributed by atoms with Crippen molar-refractivity contribution in [2.45, 2.75) is 19.8 Å². The molecule has 0 aliphatic rings. The first kappa shape index (κ1) is 15.9. The highest BCUT2D eigenvalue weighted by Gasteiger charge is 2.19. The summed E-state index contributed by atoms with van der Waals surface area (Å²) in [4.78, 5) is 18.0. The Labute approximate surface area is 124 Å². The first-order valence-electron chi connectivity index (χ1n) is 5.64. The molecular formula is C11H15BrN6O2. The van der Waals surface area contributed by atoms with Gasteiger partial charge in [0.25, 0.3) is 5.69 Å². The summed E-state index contributed by atoms with van der Waals surface area (Å²) in [5.74, 6) is -0.395. The molecule has 0 heterocycles. The van der Waals surface area contributed by atoms with Gasteiger partial charge in [-0.1, -0.05) is 13.8 Å². The molecule has 0 aliphatic heterocycles. The summed E-state index contributed by atoms with van der Waals surface area (Å²) in [7, 11) is 0. The first-order chi connectivity index (χ1) is 9.22. The molecule has 9 heteroatoms. The van der Waals surface area contributed by atoms with Crippen molar-refractivity contribution in [2.24, 2.45) is 27.2 Å². The van der Waals surface area contributed by atoms with Crippen LogP contribution in [0.3, 0.4) is 0 Å². The van der Waals surface area contributed by atoms with Gasteiger partial charge in [-0.25, -0.2) is 4.99 Å². The number of guanidine groups is 2. The van der Waals surface area contributed by atoms with Crippen molar-refractivity contribution in [3.05, 3.63) is 32.3 Å². The van der Waals surface area contributed by atoms with Crippen LogP contribution < -0.4 is 17.2 Å². The molecule has 1 aromatic carbocycles. The van der Waals surface area contributed by atoms with E-state index >= 15 is 0 Å². The minimum atomic E-state index is -0.529. The molecule has 6 N–H and O–H groups in total. The van der Waals surface area contributed by atoms with Crippen molar-refractivity contribution in [3.8, 4) is 0 Å². The van der Waals surface area contributed by atoms with E-state index < -0.39 is 4.92 Å². The van der Waals surface area contributed by atoms with E-state index in [2.05, 4.69) is 25.9 Å². The Bertz CT molecular complexity index is 593. The molecule has 0 amide bonds. The van der Waals surface area contributed by atoms with Gasteiger partial charge in [0.1, 0.15) is 0 Å². The molecule has 0 radical (unpaired) electrons. The summed E-state index contributed by atoms with van der Waals surface area (Å²) in [6.07, 6.45) is 0. The predicted molar refractivity (Wildman–Crippen MR) is 82.0 cm³/mol. The quantitative estimate of drug-likeness (QED) is 0.331. The SMILES string of the molecule is CC(C)c1cc(Br)c(N=C(N)N=C(N)N)c([N+](=O)[O-])c1. The van der Waals surface area contributed by atoms with Gasteiger partial charge in [0.2, 0.25) is 5.96 Å². The summed E-state index contributed by atoms with van der Waals surface area (Å²) in [6.45, 7) is 3.87. The lowest BCUT2D eigenvalue weighted by Crippen LogP contribution is -2.26. The minimum absolute atomic E-state index is 0.0712. The number of hydrogen-bond acceptors (Lipinski definition) is 3. The topological polar surface area (TPSA) is 146 Å². The fraction of sp³-hybridized carbons (Fsp3) is 0.273. The maximum atomic E-state index is 11.1. The number of halogens is 1. The second-order valence-electron chi connectivity index (χ2n) is 4.29. The number of rotatable bonds is 3. The lowest BCUT2D eigenvalue weighted by Gasteiger charge is -2.08. The van der Waals surface area contributed by atoms with E-state index in [1.54, 1.807) is 6.07 Å². The number of nitro groups is 1. The van der Waals surface area contributed by atoms with Crippen LogP contribution >= 0.6 is 15.9 Å². The van der Waals surface area contributed by atoms with Gasteiger partial charge in [-0.2, -0.15) is 4.99 Å². The van der Waals surface area contributed by atoms with Crippen LogP contribution in [0.25, 0.3) is 0 Å². The summed E-state index contributed by atoms with van der Waals surface area (Å²) < 4.78 is 0.448. The number of nitrogens with zero attached hydrogens (tertiary/aromatic N) is 3. The fourth-order valence-corrected chi connectivity index (χ4v) is 2.02. The Hall–Kier alpha value is -2.16. The molecule has 0 spiro atoms. The number of hydrogen-bond donors (Lipinski definition) is 3. The number of aliphatic imine (C=N–C) groups is 2. The van der Waals surface area contributed by atoms with Gasteiger partial charge in [-0.3, -0.25) is 10.1 Å². The van der Waals surface area contributed by atoms with Crippen LogP contribution in [0, 0.1) is 10.1 Å². The van der Waals surface area contributed by atoms with E-state index in [1.807, 2.05) is 13.8 Å². The zero-order valence-electron chi connectivity index (χ0n) is 11.0. The van der Waals surface area contributed by atoms with Gasteiger partial charge in [0.05, 0.1) is 9.40 Å². The second kappa shape index (κ2) is 6.33. The van der Waals surface area contributed by atoms with Gasteiger partial charge >= 0.3 is 0 Å². The zero-order chi connectivity index (χ0) is 15.4. The Morgan fingerprint density at radius 1 is 1.35 bits per heavy atom. The maximum absolute atomic E-state index is 11.1. The molecular weight excluding hydrogens is 328 g/mol. The number of nitro benzene ring substituents is 1. The predicted octanol–water partition coefficient (Wildman–Crippen LogP) is 1.70. The Morgan fingerprint density at radius 2 is 1.95 bits per heavy atom. The van der Waals surface area contributed by atoms with Crippen molar-refractivity contribution >= 4 is 39.2 Å². The summed E-state index contributed by atoms with van der Waals surface area (Å²) >= 11 is 3.25. The molecule has 0 aliphatic carbocycles. The lowest BCUT2D eigenvalue weighted by molar-refractivity contribution is -0.384. The highest BCUT2D eigenvalue weighted by atomic mass is 79.9. The lowest BCUT2D eigenvalue weighted by atomic mass is 10.0. The highest BCUT2D eigenvalue weighted by molar-refractivity contribution is 9.10. The van der Waals surface area contributed by atoms with Crippen LogP contribution in [0.4, 0.5) is 11.4 Å². The standard InChI is InChI=1S/C11H15BrN6O2/c1-5(2)6-3-7(12)9(8(4-6)18(19)20)16-11(15)17-10(13)14/h3-5H,1-2H3,(H6,13,14,15,16,17). The molecule has 0 fully saturated rings. The van der Waals surface area contributed by atoms with Crippen LogP contribution in [0.15, 0.2) is 26.6 Å². The molecule has 0 atom stereocenters. The Morgan fingerprint density at radius 3 is 2.40 bits per heavy atom. The number of benzene rings is 1. The van der Waals surface area contributed by atoms with E-state index in [1.165, 1.54) is 6.07 Å². The molecule has 0 saturated carbocycles. The van der Waals surface area contributed by atoms with Crippen LogP contribution in [-0.2, 0) is 0 Å². The highest BCUT2D eigenvalue weighted by Crippen LogP contribution is 2.38. The molecule has 8 nitrogen and oxygen atoms in total. The maximum Gasteiger partial charge on any atom is 0.296 e. The molecule has 1 aromatic rings. The molecule has 0 saturated heterocycles. The monoisotopic (exact) mass is 342 g/mol. The third-order valence-corrected chi connectivity index (χ3v) is 3.00. The first-order valence-corrected chi connectivity index (χ1v) is 6.43. The van der Waals surface area contributed by atoms with E-state index in [0.717, 1.165) is 5.56 Å². The molecule has 108 valence electrons. The summed E-state index contributed by atoms with van der Waals surface area (Å²) in [5.41, 5.74) is 16.5. The van der Waals surface area contributed by atoms with Crippen LogP contribution in [0.1, 0.15) is 25.3 Å². The van der Waals surface area contributed by atoms with Gasteiger partial charge in [-0.15, -0.1) is 0 Å². The number of nitrogens with two attached hydrogens (primary N) is 3. The Balaban J connectivity index is 3.46. The fourth-order valence-electron chi connectivity index (χ4n) is 1.46. The van der Waals surface area contributed by atoms with Gasteiger partial charge in [0, 0.05) is 6.07 Å². The van der Waals surface area contributed by atoms with Crippen molar-refractivity contribution in [3.63, 3.8) is 0 Å². The molecule has 0 aromatic heterocycles. The van der Waals surface area contributed by atoms with Crippen molar-refractivity contribution in [2.75, 3.05) is 0 Å². The average Bonchev–Trinajstić information content (AvgIpc) is 2.29. The smallest absolute Gasteiger partial charge is 0.296 e. The summed E-state index contributed by atoms with van der Waals surface area (Å²) in [6, 6.07) is 3.20. The third-order valence-electron chi connectivity index (χ3n) is 2.40. The van der Waals surface area contributed by atoms with Crippen molar-refractivity contribution < 1.29 is 4.92 Å². The van der Waals surface area contributed by atoms with Gasteiger partial charge in [0.15, 0.2) is 11.6 Å². The molecule has 1 rings (SSSR count). The van der Waals surface area contributed by atoms with Crippen LogP contribution in [0.2, 0.25) is 0 Å². The largest absolute Gasteiger partial charge is 0.370 e. The van der Waals surface area contributed by atoms with Crippen molar-refractivity contribution in [1.82, 2.24) is 0 Å². The van der Waals surface area contributed by atoms with Gasteiger partial charge < -0.3 is 17.2 Å². The molecule has 20 heavy (non-hydrogen) atoms. The van der Waals surface area contributed by atoms with E-state index in [0.29, 0.717) is 4.47 Å². The minimum Gasteiger partial charge on any atom is -0.370 e. The second-order valence-corrected chi connectivity index (χ2v) is 5.14. The van der Waals surface area contributed by atoms with Gasteiger partial charge in [-0.05, 0) is 33.5 Å². The third kappa shape index (κ3) is 3.92. The molecule has 0 unspecified atom stereocenters.